The van der Waals surface area contributed by atoms with Crippen LogP contribution in [-0.2, 0) is 11.3 Å². The molecule has 0 unspecified atom stereocenters. The normalized spacial score (nSPS) is 10.4. The number of nitrogens with one attached hydrogen (secondary N) is 1. The summed E-state index contributed by atoms with van der Waals surface area (Å²) in [6.45, 7) is 2.19. The summed E-state index contributed by atoms with van der Waals surface area (Å²) < 4.78 is 10.7. The number of aromatic nitrogens is 2. The number of anilines is 1. The highest BCUT2D eigenvalue weighted by Crippen LogP contribution is 2.27. The van der Waals surface area contributed by atoms with E-state index in [-0.39, 0.29) is 6.61 Å². The van der Waals surface area contributed by atoms with E-state index in [2.05, 4.69) is 15.4 Å². The van der Waals surface area contributed by atoms with Gasteiger partial charge >= 0.3 is 0 Å². The van der Waals surface area contributed by atoms with E-state index in [1.165, 1.54) is 0 Å². The zero-order chi connectivity index (χ0) is 14.5. The van der Waals surface area contributed by atoms with Gasteiger partial charge in [0.15, 0.2) is 5.82 Å². The number of halogens is 1. The van der Waals surface area contributed by atoms with E-state index in [4.69, 9.17) is 26.9 Å². The maximum Gasteiger partial charge on any atom is 0.224 e. The van der Waals surface area contributed by atoms with E-state index in [0.717, 1.165) is 5.56 Å². The average Bonchev–Trinajstić information content (AvgIpc) is 2.43. The summed E-state index contributed by atoms with van der Waals surface area (Å²) in [6.07, 6.45) is 0. The van der Waals surface area contributed by atoms with Gasteiger partial charge in [-0.25, -0.2) is 10.8 Å². The lowest BCUT2D eigenvalue weighted by Crippen LogP contribution is -2.11. The molecular formula is C13H15ClN4O2. The maximum atomic E-state index is 5.96. The number of nitrogen functional groups attached to an aromatic ring is 1. The number of nitrogens with zero attached hydrogens (tertiary/aromatic N) is 2. The first-order chi connectivity index (χ1) is 9.62. The van der Waals surface area contributed by atoms with E-state index in [0.29, 0.717) is 28.3 Å². The lowest BCUT2D eigenvalue weighted by atomic mass is 10.2. The standard InChI is InChI=1S/C13H15ClN4O2/c1-8-3-4-9(14)5-10(8)20-13-6-11(18-15)16-12(17-13)7-19-2/h3-6H,7,15H2,1-2H3,(H,16,17,18). The molecule has 0 spiro atoms. The number of hydrazine groups is 1. The maximum absolute atomic E-state index is 5.96. The molecule has 0 aliphatic heterocycles. The van der Waals surface area contributed by atoms with Crippen LogP contribution in [0.5, 0.6) is 11.6 Å². The van der Waals surface area contributed by atoms with Gasteiger partial charge in [-0.15, -0.1) is 0 Å². The fourth-order valence-electron chi connectivity index (χ4n) is 1.59. The topological polar surface area (TPSA) is 82.3 Å². The van der Waals surface area contributed by atoms with Crippen molar-refractivity contribution in [3.8, 4) is 11.6 Å². The Morgan fingerprint density at radius 1 is 1.30 bits per heavy atom. The first-order valence-corrected chi connectivity index (χ1v) is 6.27. The van der Waals surface area contributed by atoms with Gasteiger partial charge in [0.25, 0.3) is 0 Å². The van der Waals surface area contributed by atoms with E-state index < -0.39 is 0 Å². The molecule has 0 saturated carbocycles. The summed E-state index contributed by atoms with van der Waals surface area (Å²) in [4.78, 5) is 8.39. The number of benzene rings is 1. The molecule has 0 radical (unpaired) electrons. The molecule has 1 aromatic heterocycles. The summed E-state index contributed by atoms with van der Waals surface area (Å²) >= 11 is 5.96. The van der Waals surface area contributed by atoms with Crippen LogP contribution in [0.15, 0.2) is 24.3 Å². The molecule has 7 heteroatoms. The van der Waals surface area contributed by atoms with Crippen molar-refractivity contribution >= 4 is 17.4 Å². The highest BCUT2D eigenvalue weighted by molar-refractivity contribution is 6.30. The fraction of sp³-hybridized carbons (Fsp3) is 0.231. The minimum absolute atomic E-state index is 0.264. The largest absolute Gasteiger partial charge is 0.439 e. The molecule has 2 rings (SSSR count). The first-order valence-electron chi connectivity index (χ1n) is 5.90. The molecule has 3 N–H and O–H groups in total. The van der Waals surface area contributed by atoms with Gasteiger partial charge in [-0.05, 0) is 24.6 Å². The van der Waals surface area contributed by atoms with Crippen LogP contribution in [0.25, 0.3) is 0 Å². The molecule has 2 aromatic rings. The van der Waals surface area contributed by atoms with Gasteiger partial charge in [0.2, 0.25) is 5.88 Å². The molecule has 6 nitrogen and oxygen atoms in total. The zero-order valence-electron chi connectivity index (χ0n) is 11.2. The third-order valence-corrected chi connectivity index (χ3v) is 2.77. The predicted molar refractivity (Wildman–Crippen MR) is 76.8 cm³/mol. The van der Waals surface area contributed by atoms with Gasteiger partial charge in [-0.2, -0.15) is 4.98 Å². The summed E-state index contributed by atoms with van der Waals surface area (Å²) in [5, 5.41) is 0.592. The SMILES string of the molecule is COCc1nc(NN)cc(Oc2cc(Cl)ccc2C)n1. The molecule has 20 heavy (non-hydrogen) atoms. The van der Waals surface area contributed by atoms with Crippen LogP contribution < -0.4 is 16.0 Å². The van der Waals surface area contributed by atoms with Crippen molar-refractivity contribution in [3.05, 3.63) is 40.7 Å². The van der Waals surface area contributed by atoms with Crippen LogP contribution in [0.1, 0.15) is 11.4 Å². The van der Waals surface area contributed by atoms with E-state index in [9.17, 15) is 0 Å². The number of hydrogen-bond acceptors (Lipinski definition) is 6. The van der Waals surface area contributed by atoms with Crippen molar-refractivity contribution in [2.45, 2.75) is 13.5 Å². The smallest absolute Gasteiger partial charge is 0.224 e. The van der Waals surface area contributed by atoms with Crippen LogP contribution in [0, 0.1) is 6.92 Å². The van der Waals surface area contributed by atoms with Crippen LogP contribution in [-0.4, -0.2) is 17.1 Å². The first kappa shape index (κ1) is 14.5. The quantitative estimate of drug-likeness (QED) is 0.652. The average molecular weight is 295 g/mol. The molecule has 1 heterocycles. The van der Waals surface area contributed by atoms with Crippen LogP contribution in [0.3, 0.4) is 0 Å². The van der Waals surface area contributed by atoms with E-state index >= 15 is 0 Å². The van der Waals surface area contributed by atoms with Crippen molar-refractivity contribution in [1.29, 1.82) is 0 Å². The third-order valence-electron chi connectivity index (χ3n) is 2.53. The second-order valence-electron chi connectivity index (χ2n) is 4.10. The molecule has 0 aliphatic rings. The van der Waals surface area contributed by atoms with Crippen molar-refractivity contribution < 1.29 is 9.47 Å². The molecule has 0 aliphatic carbocycles. The predicted octanol–water partition coefficient (Wildman–Crippen LogP) is 2.66. The summed E-state index contributed by atoms with van der Waals surface area (Å²) in [5.41, 5.74) is 3.41. The number of hydrogen-bond donors (Lipinski definition) is 2. The minimum atomic E-state index is 0.264. The second-order valence-corrected chi connectivity index (χ2v) is 4.53. The van der Waals surface area contributed by atoms with Gasteiger partial charge in [-0.1, -0.05) is 17.7 Å². The minimum Gasteiger partial charge on any atom is -0.439 e. The number of methoxy groups -OCH3 is 1. The van der Waals surface area contributed by atoms with Gasteiger partial charge in [0, 0.05) is 18.2 Å². The van der Waals surface area contributed by atoms with E-state index in [1.807, 2.05) is 13.0 Å². The highest BCUT2D eigenvalue weighted by Gasteiger charge is 2.08. The van der Waals surface area contributed by atoms with Crippen LogP contribution in [0.2, 0.25) is 5.02 Å². The Kier molecular flexibility index (Phi) is 4.73. The van der Waals surface area contributed by atoms with Crippen molar-refractivity contribution in [1.82, 2.24) is 9.97 Å². The lowest BCUT2D eigenvalue weighted by Gasteiger charge is -2.10. The van der Waals surface area contributed by atoms with Crippen molar-refractivity contribution in [2.75, 3.05) is 12.5 Å². The number of rotatable bonds is 5. The molecular weight excluding hydrogens is 280 g/mol. The summed E-state index contributed by atoms with van der Waals surface area (Å²) in [6, 6.07) is 6.99. The molecule has 0 atom stereocenters. The summed E-state index contributed by atoms with van der Waals surface area (Å²) in [7, 11) is 1.56. The second kappa shape index (κ2) is 6.51. The van der Waals surface area contributed by atoms with E-state index in [1.54, 1.807) is 25.3 Å². The molecule has 0 fully saturated rings. The Balaban J connectivity index is 2.32. The number of nitrogens with two attached hydrogens (primary N) is 1. The third kappa shape index (κ3) is 3.57. The lowest BCUT2D eigenvalue weighted by molar-refractivity contribution is 0.177. The monoisotopic (exact) mass is 294 g/mol. The Labute approximate surface area is 121 Å². The Morgan fingerprint density at radius 2 is 2.10 bits per heavy atom. The van der Waals surface area contributed by atoms with Crippen LogP contribution in [0.4, 0.5) is 5.82 Å². The Morgan fingerprint density at radius 3 is 2.80 bits per heavy atom. The Bertz CT molecular complexity index is 607. The van der Waals surface area contributed by atoms with Gasteiger partial charge < -0.3 is 14.9 Å². The molecule has 0 saturated heterocycles. The molecule has 106 valence electrons. The molecule has 0 amide bonds. The zero-order valence-corrected chi connectivity index (χ0v) is 11.9. The number of aryl methyl sites for hydroxylation is 1. The molecule has 0 bridgehead atoms. The van der Waals surface area contributed by atoms with Crippen molar-refractivity contribution in [2.24, 2.45) is 5.84 Å². The summed E-state index contributed by atoms with van der Waals surface area (Å²) in [5.74, 6) is 7.28. The van der Waals surface area contributed by atoms with Crippen LogP contribution >= 0.6 is 11.6 Å². The highest BCUT2D eigenvalue weighted by atomic mass is 35.5. The van der Waals surface area contributed by atoms with Gasteiger partial charge in [0.05, 0.1) is 0 Å². The number of ether oxygens (including phenoxy) is 2. The Hall–Kier alpha value is -1.89. The fourth-order valence-corrected chi connectivity index (χ4v) is 1.75. The molecule has 1 aromatic carbocycles. The van der Waals surface area contributed by atoms with Crippen molar-refractivity contribution in [3.63, 3.8) is 0 Å². The van der Waals surface area contributed by atoms with Gasteiger partial charge in [0.1, 0.15) is 18.2 Å². The van der Waals surface area contributed by atoms with Gasteiger partial charge in [-0.3, -0.25) is 0 Å².